The number of unbranched alkanes of at least 4 members (excludes halogenated alkanes) is 1. The Bertz CT molecular complexity index is 530. The molecule has 1 saturated heterocycles. The Kier molecular flexibility index (Phi) is 12.4. The predicted molar refractivity (Wildman–Crippen MR) is 125 cm³/mol. The summed E-state index contributed by atoms with van der Waals surface area (Å²) in [6.07, 6.45) is 3.37. The van der Waals surface area contributed by atoms with Crippen LogP contribution in [0.5, 0.6) is 5.75 Å². The van der Waals surface area contributed by atoms with Crippen LogP contribution in [0.3, 0.4) is 0 Å². The summed E-state index contributed by atoms with van der Waals surface area (Å²) in [4.78, 5) is 9.27. The zero-order chi connectivity index (χ0) is 18.6. The van der Waals surface area contributed by atoms with Gasteiger partial charge in [-0.2, -0.15) is 0 Å². The Labute approximate surface area is 181 Å². The third-order valence-electron chi connectivity index (χ3n) is 4.88. The van der Waals surface area contributed by atoms with E-state index in [4.69, 9.17) is 4.74 Å². The predicted octanol–water partition coefficient (Wildman–Crippen LogP) is 2.05. The number of likely N-dealkylation sites (N-methyl/N-ethyl adjacent to an activating group) is 1. The lowest BCUT2D eigenvalue weighted by atomic mass is 10.1. The van der Waals surface area contributed by atoms with Crippen LogP contribution in [0.1, 0.15) is 18.4 Å². The molecular formula is C20H36IN5O. The first-order chi connectivity index (χ1) is 12.7. The molecule has 0 bridgehead atoms. The molecular weight excluding hydrogens is 453 g/mol. The van der Waals surface area contributed by atoms with E-state index >= 15 is 0 Å². The van der Waals surface area contributed by atoms with Crippen molar-refractivity contribution < 1.29 is 4.74 Å². The molecule has 27 heavy (non-hydrogen) atoms. The smallest absolute Gasteiger partial charge is 0.190 e. The molecule has 154 valence electrons. The van der Waals surface area contributed by atoms with Gasteiger partial charge in [-0.3, -0.25) is 4.99 Å². The lowest BCUT2D eigenvalue weighted by molar-refractivity contribution is 0.152. The third kappa shape index (κ3) is 9.62. The molecule has 2 rings (SSSR count). The average molecular weight is 489 g/mol. The molecule has 6 nitrogen and oxygen atoms in total. The lowest BCUT2D eigenvalue weighted by Gasteiger charge is -2.32. The molecule has 1 aromatic rings. The number of ether oxygens (including phenoxy) is 1. The second-order valence-corrected chi connectivity index (χ2v) is 6.88. The summed E-state index contributed by atoms with van der Waals surface area (Å²) < 4.78 is 5.19. The van der Waals surface area contributed by atoms with Crippen LogP contribution in [0.4, 0.5) is 0 Å². The van der Waals surface area contributed by atoms with Crippen LogP contribution in [0.2, 0.25) is 0 Å². The minimum absolute atomic E-state index is 0. The van der Waals surface area contributed by atoms with Crippen molar-refractivity contribution >= 4 is 29.9 Å². The first-order valence-corrected chi connectivity index (χ1v) is 9.69. The third-order valence-corrected chi connectivity index (χ3v) is 4.88. The second-order valence-electron chi connectivity index (χ2n) is 6.88. The standard InChI is InChI=1S/C20H35N5O.HI/c1-21-20(23-12-10-18-6-8-19(26-3)9-7-18)22-11-4-5-13-25-16-14-24(2)15-17-25;/h6-9H,4-5,10-17H2,1-3H3,(H2,21,22,23);1H. The van der Waals surface area contributed by atoms with Crippen molar-refractivity contribution in [1.82, 2.24) is 20.4 Å². The van der Waals surface area contributed by atoms with Crippen molar-refractivity contribution in [3.63, 3.8) is 0 Å². The number of benzene rings is 1. The molecule has 1 fully saturated rings. The molecule has 0 aromatic heterocycles. The first kappa shape index (κ1) is 24.0. The van der Waals surface area contributed by atoms with Gasteiger partial charge in [0.15, 0.2) is 5.96 Å². The van der Waals surface area contributed by atoms with Crippen LogP contribution in [0.25, 0.3) is 0 Å². The van der Waals surface area contributed by atoms with E-state index in [2.05, 4.69) is 44.6 Å². The molecule has 0 amide bonds. The minimum atomic E-state index is 0. The summed E-state index contributed by atoms with van der Waals surface area (Å²) in [5, 5.41) is 6.79. The molecule has 0 radical (unpaired) electrons. The van der Waals surface area contributed by atoms with Crippen molar-refractivity contribution in [2.24, 2.45) is 4.99 Å². The zero-order valence-corrected chi connectivity index (χ0v) is 19.4. The van der Waals surface area contributed by atoms with Gasteiger partial charge >= 0.3 is 0 Å². The highest BCUT2D eigenvalue weighted by molar-refractivity contribution is 14.0. The monoisotopic (exact) mass is 489 g/mol. The van der Waals surface area contributed by atoms with Crippen molar-refractivity contribution in [2.45, 2.75) is 19.3 Å². The highest BCUT2D eigenvalue weighted by atomic mass is 127. The van der Waals surface area contributed by atoms with Crippen molar-refractivity contribution in [1.29, 1.82) is 0 Å². The molecule has 1 heterocycles. The number of hydrogen-bond acceptors (Lipinski definition) is 4. The molecule has 0 unspecified atom stereocenters. The Balaban J connectivity index is 0.00000364. The summed E-state index contributed by atoms with van der Waals surface area (Å²) >= 11 is 0. The fourth-order valence-electron chi connectivity index (χ4n) is 3.08. The molecule has 0 atom stereocenters. The fourth-order valence-corrected chi connectivity index (χ4v) is 3.08. The van der Waals surface area contributed by atoms with Crippen LogP contribution in [-0.4, -0.2) is 82.8 Å². The minimum Gasteiger partial charge on any atom is -0.497 e. The summed E-state index contributed by atoms with van der Waals surface area (Å²) in [6, 6.07) is 8.22. The van der Waals surface area contributed by atoms with Crippen molar-refractivity contribution in [2.75, 3.05) is 67.0 Å². The van der Waals surface area contributed by atoms with Crippen molar-refractivity contribution in [3.8, 4) is 5.75 Å². The van der Waals surface area contributed by atoms with E-state index in [1.54, 1.807) is 7.11 Å². The summed E-state index contributed by atoms with van der Waals surface area (Å²) in [7, 11) is 5.72. The van der Waals surface area contributed by atoms with Crippen molar-refractivity contribution in [3.05, 3.63) is 29.8 Å². The van der Waals surface area contributed by atoms with E-state index in [0.717, 1.165) is 31.2 Å². The molecule has 7 heteroatoms. The Morgan fingerprint density at radius 3 is 2.33 bits per heavy atom. The van der Waals surface area contributed by atoms with Gasteiger partial charge in [0.1, 0.15) is 5.75 Å². The van der Waals surface area contributed by atoms with E-state index in [9.17, 15) is 0 Å². The molecule has 1 aliphatic heterocycles. The SMILES string of the molecule is CN=C(NCCCCN1CCN(C)CC1)NCCc1ccc(OC)cc1.I. The highest BCUT2D eigenvalue weighted by Crippen LogP contribution is 2.11. The lowest BCUT2D eigenvalue weighted by Crippen LogP contribution is -2.44. The summed E-state index contributed by atoms with van der Waals surface area (Å²) in [6.45, 7) is 7.85. The molecule has 2 N–H and O–H groups in total. The second kappa shape index (κ2) is 14.0. The topological polar surface area (TPSA) is 52.1 Å². The maximum Gasteiger partial charge on any atom is 0.190 e. The van der Waals surface area contributed by atoms with Gasteiger partial charge < -0.3 is 25.2 Å². The number of aliphatic imine (C=N–C) groups is 1. The van der Waals surface area contributed by atoms with Gasteiger partial charge in [0.05, 0.1) is 7.11 Å². The van der Waals surface area contributed by atoms with Crippen LogP contribution < -0.4 is 15.4 Å². The fraction of sp³-hybridized carbons (Fsp3) is 0.650. The Morgan fingerprint density at radius 1 is 1.04 bits per heavy atom. The zero-order valence-electron chi connectivity index (χ0n) is 17.0. The number of nitrogens with one attached hydrogen (secondary N) is 2. The quantitative estimate of drug-likeness (QED) is 0.241. The van der Waals surface area contributed by atoms with E-state index in [0.29, 0.717) is 0 Å². The highest BCUT2D eigenvalue weighted by Gasteiger charge is 2.12. The van der Waals surface area contributed by atoms with Crippen LogP contribution in [-0.2, 0) is 6.42 Å². The van der Waals surface area contributed by atoms with E-state index in [-0.39, 0.29) is 24.0 Å². The molecule has 0 aliphatic carbocycles. The van der Waals surface area contributed by atoms with E-state index in [1.165, 1.54) is 51.1 Å². The van der Waals surface area contributed by atoms with Crippen LogP contribution >= 0.6 is 24.0 Å². The van der Waals surface area contributed by atoms with E-state index < -0.39 is 0 Å². The van der Waals surface area contributed by atoms with Gasteiger partial charge in [-0.15, -0.1) is 24.0 Å². The number of piperazine rings is 1. The maximum atomic E-state index is 5.19. The number of guanidine groups is 1. The molecule has 0 saturated carbocycles. The average Bonchev–Trinajstić information content (AvgIpc) is 2.68. The van der Waals surface area contributed by atoms with E-state index in [1.807, 2.05) is 19.2 Å². The van der Waals surface area contributed by atoms with Gasteiger partial charge in [-0.25, -0.2) is 0 Å². The Hall–Kier alpha value is -1.06. The van der Waals surface area contributed by atoms with Crippen LogP contribution in [0.15, 0.2) is 29.3 Å². The Morgan fingerprint density at radius 2 is 1.70 bits per heavy atom. The largest absolute Gasteiger partial charge is 0.497 e. The molecule has 1 aromatic carbocycles. The maximum absolute atomic E-state index is 5.19. The summed E-state index contributed by atoms with van der Waals surface area (Å²) in [5.74, 6) is 1.79. The number of halogens is 1. The summed E-state index contributed by atoms with van der Waals surface area (Å²) in [5.41, 5.74) is 1.29. The van der Waals surface area contributed by atoms with Gasteiger partial charge in [-0.1, -0.05) is 12.1 Å². The normalized spacial score (nSPS) is 15.9. The molecule has 0 spiro atoms. The molecule has 1 aliphatic rings. The number of nitrogens with zero attached hydrogens (tertiary/aromatic N) is 3. The number of hydrogen-bond donors (Lipinski definition) is 2. The van der Waals surface area contributed by atoms with Gasteiger partial charge in [0, 0.05) is 46.3 Å². The van der Waals surface area contributed by atoms with Crippen LogP contribution in [0, 0.1) is 0 Å². The first-order valence-electron chi connectivity index (χ1n) is 9.69. The number of rotatable bonds is 9. The van der Waals surface area contributed by atoms with Gasteiger partial charge in [0.25, 0.3) is 0 Å². The van der Waals surface area contributed by atoms with Gasteiger partial charge in [-0.05, 0) is 50.6 Å². The van der Waals surface area contributed by atoms with Gasteiger partial charge in [0.2, 0.25) is 0 Å². The number of methoxy groups -OCH3 is 1.